The van der Waals surface area contributed by atoms with E-state index in [0.29, 0.717) is 5.56 Å². The summed E-state index contributed by atoms with van der Waals surface area (Å²) in [7, 11) is 0. The van der Waals surface area contributed by atoms with E-state index in [9.17, 15) is 9.18 Å². The Labute approximate surface area is 107 Å². The van der Waals surface area contributed by atoms with Gasteiger partial charge in [0.25, 0.3) is 0 Å². The molecule has 1 unspecified atom stereocenters. The molecular weight excluding hydrogens is 231 g/mol. The molecule has 2 N–H and O–H groups in total. The second-order valence-corrected chi connectivity index (χ2v) is 4.80. The van der Waals surface area contributed by atoms with Gasteiger partial charge in [0.2, 0.25) is 5.91 Å². The van der Waals surface area contributed by atoms with Gasteiger partial charge < -0.3 is 10.6 Å². The molecule has 1 saturated heterocycles. The van der Waals surface area contributed by atoms with Gasteiger partial charge in [0.15, 0.2) is 0 Å². The van der Waals surface area contributed by atoms with Gasteiger partial charge in [0, 0.05) is 12.1 Å². The highest BCUT2D eigenvalue weighted by Gasteiger charge is 2.23. The Bertz CT molecular complexity index is 416. The van der Waals surface area contributed by atoms with Gasteiger partial charge in [-0.3, -0.25) is 4.79 Å². The van der Waals surface area contributed by atoms with Gasteiger partial charge >= 0.3 is 0 Å². The SMILES string of the molecule is CC(NC(=O)[C@@H]1CCCNC1)c1ccccc1F. The van der Waals surface area contributed by atoms with Crippen LogP contribution in [0.5, 0.6) is 0 Å². The van der Waals surface area contributed by atoms with Crippen molar-refractivity contribution in [3.63, 3.8) is 0 Å². The average molecular weight is 250 g/mol. The molecule has 98 valence electrons. The molecule has 2 atom stereocenters. The molecule has 2 rings (SSSR count). The number of rotatable bonds is 3. The topological polar surface area (TPSA) is 41.1 Å². The minimum absolute atomic E-state index is 0.00738. The van der Waals surface area contributed by atoms with Crippen molar-refractivity contribution in [3.05, 3.63) is 35.6 Å². The van der Waals surface area contributed by atoms with E-state index in [1.165, 1.54) is 6.07 Å². The maximum Gasteiger partial charge on any atom is 0.224 e. The molecule has 1 aliphatic rings. The summed E-state index contributed by atoms with van der Waals surface area (Å²) in [6.07, 6.45) is 1.93. The van der Waals surface area contributed by atoms with Crippen LogP contribution in [0.15, 0.2) is 24.3 Å². The van der Waals surface area contributed by atoms with E-state index in [4.69, 9.17) is 0 Å². The molecule has 4 heteroatoms. The first-order valence-corrected chi connectivity index (χ1v) is 6.44. The number of hydrogen-bond acceptors (Lipinski definition) is 2. The van der Waals surface area contributed by atoms with Crippen molar-refractivity contribution in [2.24, 2.45) is 5.92 Å². The third-order valence-electron chi connectivity index (χ3n) is 3.40. The van der Waals surface area contributed by atoms with E-state index in [1.807, 2.05) is 6.92 Å². The Morgan fingerprint density at radius 2 is 2.28 bits per heavy atom. The third-order valence-corrected chi connectivity index (χ3v) is 3.40. The summed E-state index contributed by atoms with van der Waals surface area (Å²) in [5.74, 6) is -0.252. The van der Waals surface area contributed by atoms with Crippen LogP contribution in [0.2, 0.25) is 0 Å². The standard InChI is InChI=1S/C14H19FN2O/c1-10(12-6-2-3-7-13(12)15)17-14(18)11-5-4-8-16-9-11/h2-3,6-7,10-11,16H,4-5,8-9H2,1H3,(H,17,18)/t10?,11-/m1/s1. The molecule has 18 heavy (non-hydrogen) atoms. The smallest absolute Gasteiger partial charge is 0.224 e. The van der Waals surface area contributed by atoms with Gasteiger partial charge in [-0.1, -0.05) is 18.2 Å². The minimum Gasteiger partial charge on any atom is -0.349 e. The lowest BCUT2D eigenvalue weighted by molar-refractivity contribution is -0.126. The fourth-order valence-electron chi connectivity index (χ4n) is 2.31. The lowest BCUT2D eigenvalue weighted by Gasteiger charge is -2.24. The predicted molar refractivity (Wildman–Crippen MR) is 68.6 cm³/mol. The summed E-state index contributed by atoms with van der Waals surface area (Å²) in [5, 5.41) is 6.09. The summed E-state index contributed by atoms with van der Waals surface area (Å²) in [6, 6.07) is 6.27. The molecule has 0 saturated carbocycles. The van der Waals surface area contributed by atoms with Crippen molar-refractivity contribution in [2.75, 3.05) is 13.1 Å². The zero-order valence-electron chi connectivity index (χ0n) is 10.6. The van der Waals surface area contributed by atoms with E-state index < -0.39 is 0 Å². The molecule has 1 heterocycles. The van der Waals surface area contributed by atoms with Crippen LogP contribution >= 0.6 is 0 Å². The van der Waals surface area contributed by atoms with Crippen LogP contribution in [0.25, 0.3) is 0 Å². The maximum atomic E-state index is 13.6. The summed E-state index contributed by atoms with van der Waals surface area (Å²) < 4.78 is 13.6. The molecule has 0 aliphatic carbocycles. The van der Waals surface area contributed by atoms with Gasteiger partial charge in [0.1, 0.15) is 5.82 Å². The number of carbonyl (C=O) groups excluding carboxylic acids is 1. The Hall–Kier alpha value is -1.42. The summed E-state index contributed by atoms with van der Waals surface area (Å²) in [4.78, 5) is 12.0. The van der Waals surface area contributed by atoms with E-state index in [-0.39, 0.29) is 23.7 Å². The van der Waals surface area contributed by atoms with Gasteiger partial charge in [-0.25, -0.2) is 4.39 Å². The fraction of sp³-hybridized carbons (Fsp3) is 0.500. The van der Waals surface area contributed by atoms with Gasteiger partial charge in [-0.2, -0.15) is 0 Å². The van der Waals surface area contributed by atoms with Gasteiger partial charge in [0.05, 0.1) is 12.0 Å². The maximum absolute atomic E-state index is 13.6. The van der Waals surface area contributed by atoms with E-state index in [0.717, 1.165) is 25.9 Å². The van der Waals surface area contributed by atoms with Crippen LogP contribution in [0.4, 0.5) is 4.39 Å². The van der Waals surface area contributed by atoms with Gasteiger partial charge in [-0.05, 0) is 32.4 Å². The normalized spacial score (nSPS) is 21.3. The van der Waals surface area contributed by atoms with Crippen LogP contribution in [0.3, 0.4) is 0 Å². The highest BCUT2D eigenvalue weighted by Crippen LogP contribution is 2.18. The molecular formula is C14H19FN2O. The van der Waals surface area contributed by atoms with Crippen LogP contribution in [-0.2, 0) is 4.79 Å². The summed E-state index contributed by atoms with van der Waals surface area (Å²) in [5.41, 5.74) is 0.537. The first-order chi connectivity index (χ1) is 8.68. The number of carbonyl (C=O) groups is 1. The zero-order chi connectivity index (χ0) is 13.0. The van der Waals surface area contributed by atoms with Crippen LogP contribution in [-0.4, -0.2) is 19.0 Å². The molecule has 1 fully saturated rings. The van der Waals surface area contributed by atoms with Crippen LogP contribution in [0.1, 0.15) is 31.4 Å². The Morgan fingerprint density at radius 3 is 2.94 bits per heavy atom. The molecule has 0 spiro atoms. The minimum atomic E-state index is -0.291. The second-order valence-electron chi connectivity index (χ2n) is 4.80. The van der Waals surface area contributed by atoms with Crippen molar-refractivity contribution in [3.8, 4) is 0 Å². The van der Waals surface area contributed by atoms with E-state index in [1.54, 1.807) is 18.2 Å². The van der Waals surface area contributed by atoms with Crippen LogP contribution < -0.4 is 10.6 Å². The quantitative estimate of drug-likeness (QED) is 0.861. The highest BCUT2D eigenvalue weighted by molar-refractivity contribution is 5.79. The van der Waals surface area contributed by atoms with Crippen molar-refractivity contribution in [1.82, 2.24) is 10.6 Å². The number of hydrogen-bond donors (Lipinski definition) is 2. The molecule has 0 aromatic heterocycles. The van der Waals surface area contributed by atoms with Crippen molar-refractivity contribution in [2.45, 2.75) is 25.8 Å². The van der Waals surface area contributed by atoms with Crippen molar-refractivity contribution >= 4 is 5.91 Å². The van der Waals surface area contributed by atoms with E-state index in [2.05, 4.69) is 10.6 Å². The Balaban J connectivity index is 1.96. The lowest BCUT2D eigenvalue weighted by Crippen LogP contribution is -2.41. The Morgan fingerprint density at radius 1 is 1.50 bits per heavy atom. The number of nitrogens with one attached hydrogen (secondary N) is 2. The molecule has 1 aromatic carbocycles. The predicted octanol–water partition coefficient (Wildman–Crippen LogP) is 2.00. The summed E-state index contributed by atoms with van der Waals surface area (Å²) >= 11 is 0. The molecule has 1 aliphatic heterocycles. The lowest BCUT2D eigenvalue weighted by atomic mass is 9.98. The Kier molecular flexibility index (Phi) is 4.31. The summed E-state index contributed by atoms with van der Waals surface area (Å²) in [6.45, 7) is 3.51. The molecule has 3 nitrogen and oxygen atoms in total. The average Bonchev–Trinajstić information content (AvgIpc) is 2.40. The van der Waals surface area contributed by atoms with Crippen molar-refractivity contribution < 1.29 is 9.18 Å². The monoisotopic (exact) mass is 250 g/mol. The highest BCUT2D eigenvalue weighted by atomic mass is 19.1. The molecule has 0 bridgehead atoms. The van der Waals surface area contributed by atoms with E-state index >= 15 is 0 Å². The van der Waals surface area contributed by atoms with Crippen LogP contribution in [0, 0.1) is 11.7 Å². The zero-order valence-corrected chi connectivity index (χ0v) is 10.6. The third kappa shape index (κ3) is 3.07. The number of benzene rings is 1. The molecule has 1 amide bonds. The largest absolute Gasteiger partial charge is 0.349 e. The molecule has 0 radical (unpaired) electrons. The first kappa shape index (κ1) is 13.0. The number of halogens is 1. The van der Waals surface area contributed by atoms with Crippen molar-refractivity contribution in [1.29, 1.82) is 0 Å². The number of piperidine rings is 1. The first-order valence-electron chi connectivity index (χ1n) is 6.44. The van der Waals surface area contributed by atoms with Gasteiger partial charge in [-0.15, -0.1) is 0 Å². The second kappa shape index (κ2) is 5.96. The molecule has 1 aromatic rings. The fourth-order valence-corrected chi connectivity index (χ4v) is 2.31. The number of amides is 1.